The van der Waals surface area contributed by atoms with E-state index in [1.54, 1.807) is 24.3 Å². The minimum atomic E-state index is -0.379. The molecule has 0 aromatic heterocycles. The number of carbonyl (C=O) groups is 2. The number of carbonyl (C=O) groups excluding carboxylic acids is 2. The van der Waals surface area contributed by atoms with Crippen molar-refractivity contribution in [1.82, 2.24) is 4.90 Å². The summed E-state index contributed by atoms with van der Waals surface area (Å²) in [6, 6.07) is 12.5. The van der Waals surface area contributed by atoms with Crippen molar-refractivity contribution >= 4 is 29.1 Å². The molecule has 2 rings (SSSR count). The van der Waals surface area contributed by atoms with E-state index in [9.17, 15) is 14.0 Å². The maximum Gasteiger partial charge on any atom is 0.244 e. The standard InChI is InChI=1S/C17H16ClFN2O2/c1-12(22)21(10-13-2-4-14(18)5-3-13)11-17(23)20-16-8-6-15(19)7-9-16/h2-9H,10-11H2,1H3,(H,20,23). The molecule has 0 aliphatic rings. The van der Waals surface area contributed by atoms with Gasteiger partial charge >= 0.3 is 0 Å². The Bertz CT molecular complexity index is 687. The highest BCUT2D eigenvalue weighted by Gasteiger charge is 2.14. The number of rotatable bonds is 5. The van der Waals surface area contributed by atoms with Gasteiger partial charge in [-0.15, -0.1) is 0 Å². The number of nitrogens with one attached hydrogen (secondary N) is 1. The van der Waals surface area contributed by atoms with Crippen molar-refractivity contribution in [1.29, 1.82) is 0 Å². The predicted molar refractivity (Wildman–Crippen MR) is 87.6 cm³/mol. The van der Waals surface area contributed by atoms with E-state index in [1.807, 2.05) is 0 Å². The Kier molecular flexibility index (Phi) is 5.71. The second-order valence-electron chi connectivity index (χ2n) is 5.06. The van der Waals surface area contributed by atoms with Crippen LogP contribution in [0, 0.1) is 5.82 Å². The molecule has 0 fully saturated rings. The number of anilines is 1. The molecule has 2 amide bonds. The summed E-state index contributed by atoms with van der Waals surface area (Å²) in [5.41, 5.74) is 1.35. The maximum atomic E-state index is 12.8. The normalized spacial score (nSPS) is 10.2. The van der Waals surface area contributed by atoms with Crippen molar-refractivity contribution in [3.05, 3.63) is 64.9 Å². The highest BCUT2D eigenvalue weighted by atomic mass is 35.5. The first-order chi connectivity index (χ1) is 10.9. The lowest BCUT2D eigenvalue weighted by molar-refractivity contribution is -0.133. The SMILES string of the molecule is CC(=O)N(CC(=O)Nc1ccc(F)cc1)Cc1ccc(Cl)cc1. The number of nitrogens with zero attached hydrogens (tertiary/aromatic N) is 1. The molecule has 0 saturated carbocycles. The van der Waals surface area contributed by atoms with Gasteiger partial charge in [0.15, 0.2) is 0 Å². The van der Waals surface area contributed by atoms with Gasteiger partial charge in [0.25, 0.3) is 0 Å². The van der Waals surface area contributed by atoms with E-state index >= 15 is 0 Å². The van der Waals surface area contributed by atoms with Crippen molar-refractivity contribution < 1.29 is 14.0 Å². The third-order valence-corrected chi connectivity index (χ3v) is 3.45. The first-order valence-corrected chi connectivity index (χ1v) is 7.37. The van der Waals surface area contributed by atoms with E-state index in [1.165, 1.54) is 36.1 Å². The zero-order chi connectivity index (χ0) is 16.8. The van der Waals surface area contributed by atoms with Crippen molar-refractivity contribution in [2.45, 2.75) is 13.5 Å². The van der Waals surface area contributed by atoms with Gasteiger partial charge < -0.3 is 10.2 Å². The van der Waals surface area contributed by atoms with Crippen LogP contribution in [-0.2, 0) is 16.1 Å². The van der Waals surface area contributed by atoms with Gasteiger partial charge in [-0.3, -0.25) is 9.59 Å². The summed E-state index contributed by atoms with van der Waals surface area (Å²) in [5, 5.41) is 3.24. The average Bonchev–Trinajstić information content (AvgIpc) is 2.51. The summed E-state index contributed by atoms with van der Waals surface area (Å²) in [6.45, 7) is 1.62. The average molecular weight is 335 g/mol. The predicted octanol–water partition coefficient (Wildman–Crippen LogP) is 3.47. The maximum absolute atomic E-state index is 12.8. The second-order valence-corrected chi connectivity index (χ2v) is 5.49. The van der Waals surface area contributed by atoms with Crippen LogP contribution in [0.15, 0.2) is 48.5 Å². The number of amides is 2. The summed E-state index contributed by atoms with van der Waals surface area (Å²) in [5.74, 6) is -0.939. The third-order valence-electron chi connectivity index (χ3n) is 3.19. The lowest BCUT2D eigenvalue weighted by atomic mass is 10.2. The molecule has 1 N–H and O–H groups in total. The zero-order valence-corrected chi connectivity index (χ0v) is 13.3. The Labute approximate surface area is 138 Å². The molecule has 0 unspecified atom stereocenters. The molecule has 0 aliphatic heterocycles. The number of hydrogen-bond acceptors (Lipinski definition) is 2. The molecule has 0 saturated heterocycles. The highest BCUT2D eigenvalue weighted by Crippen LogP contribution is 2.12. The summed E-state index contributed by atoms with van der Waals surface area (Å²) in [6.07, 6.45) is 0. The van der Waals surface area contributed by atoms with E-state index < -0.39 is 0 Å². The molecule has 4 nitrogen and oxygen atoms in total. The summed E-state index contributed by atoms with van der Waals surface area (Å²) in [4.78, 5) is 25.2. The molecule has 2 aromatic rings. The minimum Gasteiger partial charge on any atom is -0.329 e. The number of halogens is 2. The van der Waals surface area contributed by atoms with Crippen LogP contribution in [-0.4, -0.2) is 23.3 Å². The molecule has 0 radical (unpaired) electrons. The molecule has 0 spiro atoms. The Morgan fingerprint density at radius 3 is 2.26 bits per heavy atom. The van der Waals surface area contributed by atoms with Crippen LogP contribution < -0.4 is 5.32 Å². The third kappa shape index (κ3) is 5.38. The van der Waals surface area contributed by atoms with E-state index in [0.717, 1.165) is 5.56 Å². The lowest BCUT2D eigenvalue weighted by Gasteiger charge is -2.20. The Balaban J connectivity index is 1.98. The van der Waals surface area contributed by atoms with E-state index in [2.05, 4.69) is 5.32 Å². The Morgan fingerprint density at radius 1 is 1.09 bits per heavy atom. The smallest absolute Gasteiger partial charge is 0.244 e. The van der Waals surface area contributed by atoms with Crippen molar-refractivity contribution in [2.24, 2.45) is 0 Å². The Hall–Kier alpha value is -2.40. The molecule has 0 bridgehead atoms. The first kappa shape index (κ1) is 17.0. The van der Waals surface area contributed by atoms with Crippen molar-refractivity contribution in [2.75, 3.05) is 11.9 Å². The molecule has 120 valence electrons. The van der Waals surface area contributed by atoms with Crippen LogP contribution >= 0.6 is 11.6 Å². The van der Waals surface area contributed by atoms with Crippen molar-refractivity contribution in [3.8, 4) is 0 Å². The molecule has 0 aliphatic carbocycles. The fraction of sp³-hybridized carbons (Fsp3) is 0.176. The van der Waals surface area contributed by atoms with Crippen LogP contribution in [0.25, 0.3) is 0 Å². The summed E-state index contributed by atoms with van der Waals surface area (Å²) >= 11 is 5.83. The zero-order valence-electron chi connectivity index (χ0n) is 12.6. The Morgan fingerprint density at radius 2 is 1.70 bits per heavy atom. The molecule has 6 heteroatoms. The number of hydrogen-bond donors (Lipinski definition) is 1. The fourth-order valence-corrected chi connectivity index (χ4v) is 2.12. The topological polar surface area (TPSA) is 49.4 Å². The first-order valence-electron chi connectivity index (χ1n) is 6.99. The molecule has 23 heavy (non-hydrogen) atoms. The van der Waals surface area contributed by atoms with Gasteiger partial charge in [-0.2, -0.15) is 0 Å². The molecular formula is C17H16ClFN2O2. The molecule has 0 heterocycles. The number of benzene rings is 2. The van der Waals surface area contributed by atoms with E-state index in [4.69, 9.17) is 11.6 Å². The van der Waals surface area contributed by atoms with Gasteiger partial charge in [0, 0.05) is 24.2 Å². The van der Waals surface area contributed by atoms with E-state index in [0.29, 0.717) is 17.3 Å². The largest absolute Gasteiger partial charge is 0.329 e. The molecule has 0 atom stereocenters. The van der Waals surface area contributed by atoms with Gasteiger partial charge in [0.05, 0.1) is 0 Å². The minimum absolute atomic E-state index is 0.0880. The van der Waals surface area contributed by atoms with Gasteiger partial charge in [0.2, 0.25) is 11.8 Å². The van der Waals surface area contributed by atoms with Crippen molar-refractivity contribution in [3.63, 3.8) is 0 Å². The van der Waals surface area contributed by atoms with Crippen LogP contribution in [0.5, 0.6) is 0 Å². The quantitative estimate of drug-likeness (QED) is 0.910. The summed E-state index contributed by atoms with van der Waals surface area (Å²) < 4.78 is 12.8. The van der Waals surface area contributed by atoms with Crippen LogP contribution in [0.3, 0.4) is 0 Å². The van der Waals surface area contributed by atoms with Crippen LogP contribution in [0.2, 0.25) is 5.02 Å². The van der Waals surface area contributed by atoms with Gasteiger partial charge in [-0.1, -0.05) is 23.7 Å². The van der Waals surface area contributed by atoms with Gasteiger partial charge in [-0.25, -0.2) is 4.39 Å². The van der Waals surface area contributed by atoms with Crippen LogP contribution in [0.1, 0.15) is 12.5 Å². The lowest BCUT2D eigenvalue weighted by Crippen LogP contribution is -2.36. The highest BCUT2D eigenvalue weighted by molar-refractivity contribution is 6.30. The fourth-order valence-electron chi connectivity index (χ4n) is 2.00. The monoisotopic (exact) mass is 334 g/mol. The van der Waals surface area contributed by atoms with Crippen LogP contribution in [0.4, 0.5) is 10.1 Å². The second kappa shape index (κ2) is 7.74. The molecular weight excluding hydrogens is 319 g/mol. The van der Waals surface area contributed by atoms with E-state index in [-0.39, 0.29) is 24.2 Å². The summed E-state index contributed by atoms with van der Waals surface area (Å²) in [7, 11) is 0. The molecule has 2 aromatic carbocycles. The van der Waals surface area contributed by atoms with Gasteiger partial charge in [-0.05, 0) is 42.0 Å². The van der Waals surface area contributed by atoms with Gasteiger partial charge in [0.1, 0.15) is 12.4 Å².